The van der Waals surface area contributed by atoms with Gasteiger partial charge < -0.3 is 4.74 Å². The van der Waals surface area contributed by atoms with Gasteiger partial charge in [-0.3, -0.25) is 4.79 Å². The van der Waals surface area contributed by atoms with Crippen LogP contribution in [-0.4, -0.2) is 18.7 Å². The van der Waals surface area contributed by atoms with Gasteiger partial charge in [0.15, 0.2) is 0 Å². The van der Waals surface area contributed by atoms with Crippen LogP contribution in [0.5, 0.6) is 0 Å². The minimum absolute atomic E-state index is 0.185. The predicted octanol–water partition coefficient (Wildman–Crippen LogP) is 7.89. The van der Waals surface area contributed by atoms with Crippen molar-refractivity contribution in [3.8, 4) is 0 Å². The molecular weight excluding hydrogens is 495 g/mol. The highest BCUT2D eigenvalue weighted by molar-refractivity contribution is 7.95. The Bertz CT molecular complexity index is 1230. The Labute approximate surface area is 235 Å². The van der Waals surface area contributed by atoms with Crippen LogP contribution in [0.1, 0.15) is 34.1 Å². The van der Waals surface area contributed by atoms with Crippen molar-refractivity contribution in [2.75, 3.05) is 12.8 Å². The lowest BCUT2D eigenvalue weighted by molar-refractivity contribution is -0.142. The molecule has 0 heterocycles. The number of ether oxygens (including phenoxy) is 1. The Morgan fingerprint density at radius 3 is 1.64 bits per heavy atom. The molecule has 3 rings (SSSR count). The second kappa shape index (κ2) is 15.6. The molecule has 0 aromatic heterocycles. The summed E-state index contributed by atoms with van der Waals surface area (Å²) in [7, 11) is -1.87. The first-order chi connectivity index (χ1) is 19.0. The summed E-state index contributed by atoms with van der Waals surface area (Å²) in [4.78, 5) is 11.6. The largest absolute Gasteiger partial charge is 0.466 e. The van der Waals surface area contributed by atoms with Crippen LogP contribution in [0.4, 0.5) is 0 Å². The van der Waals surface area contributed by atoms with E-state index in [1.54, 1.807) is 0 Å². The lowest BCUT2D eigenvalue weighted by Gasteiger charge is -2.26. The van der Waals surface area contributed by atoms with Gasteiger partial charge in [0.25, 0.3) is 0 Å². The Morgan fingerprint density at radius 2 is 1.15 bits per heavy atom. The van der Waals surface area contributed by atoms with Crippen molar-refractivity contribution in [3.63, 3.8) is 0 Å². The minimum Gasteiger partial charge on any atom is -0.466 e. The molecule has 0 amide bonds. The van der Waals surface area contributed by atoms with Gasteiger partial charge in [-0.15, -0.1) is 0 Å². The molecule has 0 spiro atoms. The normalized spacial score (nSPS) is 13.3. The fourth-order valence-electron chi connectivity index (χ4n) is 4.43. The van der Waals surface area contributed by atoms with Crippen LogP contribution in [0.2, 0.25) is 0 Å². The van der Waals surface area contributed by atoms with E-state index in [2.05, 4.69) is 135 Å². The van der Waals surface area contributed by atoms with Crippen LogP contribution in [-0.2, 0) is 9.53 Å². The SMILES string of the molecule is CCOC(=O)CC(C)=CC=CC(C)=CC=CC(C)=CC[P+](c1ccccc1)(c1ccccc1)c1ccccc1. The molecule has 0 unspecified atom stereocenters. The summed E-state index contributed by atoms with van der Waals surface area (Å²) < 4.78 is 5.00. The summed E-state index contributed by atoms with van der Waals surface area (Å²) in [5, 5.41) is 4.17. The standard InChI is InChI=1S/C36H40O2P/c1-5-38-36(37)29-32(4)20-16-18-30(2)17-15-19-31(3)27-28-39(33-21-9-6-10-22-33,34-23-11-7-12-24-34)35-25-13-8-14-26-35/h6-27H,5,28-29H2,1-4H3/q+1. The molecule has 200 valence electrons. The maximum absolute atomic E-state index is 11.6. The second-order valence-electron chi connectivity index (χ2n) is 9.57. The van der Waals surface area contributed by atoms with E-state index in [1.165, 1.54) is 21.5 Å². The first-order valence-corrected chi connectivity index (χ1v) is 15.5. The summed E-state index contributed by atoms with van der Waals surface area (Å²) in [6, 6.07) is 32.9. The molecule has 0 N–H and O–H groups in total. The lowest BCUT2D eigenvalue weighted by atomic mass is 10.2. The Morgan fingerprint density at radius 1 is 0.692 bits per heavy atom. The highest BCUT2D eigenvalue weighted by atomic mass is 31.2. The number of carbonyl (C=O) groups excluding carboxylic acids is 1. The summed E-state index contributed by atoms with van der Waals surface area (Å²) in [5.74, 6) is -0.185. The number of allylic oxidation sites excluding steroid dienone is 9. The molecule has 3 heteroatoms. The first-order valence-electron chi connectivity index (χ1n) is 13.5. The van der Waals surface area contributed by atoms with Gasteiger partial charge >= 0.3 is 5.97 Å². The molecule has 0 saturated heterocycles. The third-order valence-electron chi connectivity index (χ3n) is 6.46. The Kier molecular flexibility index (Phi) is 11.9. The topological polar surface area (TPSA) is 26.3 Å². The summed E-state index contributed by atoms with van der Waals surface area (Å²) >= 11 is 0. The maximum atomic E-state index is 11.6. The van der Waals surface area contributed by atoms with Crippen LogP contribution < -0.4 is 15.9 Å². The lowest BCUT2D eigenvalue weighted by Crippen LogP contribution is -2.33. The van der Waals surface area contributed by atoms with Gasteiger partial charge in [-0.25, -0.2) is 0 Å². The Hall–Kier alpha value is -3.74. The van der Waals surface area contributed by atoms with E-state index in [-0.39, 0.29) is 5.97 Å². The van der Waals surface area contributed by atoms with Crippen molar-refractivity contribution < 1.29 is 9.53 Å². The number of esters is 1. The molecule has 0 atom stereocenters. The van der Waals surface area contributed by atoms with Crippen molar-refractivity contribution in [3.05, 3.63) is 150 Å². The molecule has 2 nitrogen and oxygen atoms in total. The van der Waals surface area contributed by atoms with Crippen LogP contribution in [0, 0.1) is 0 Å². The van der Waals surface area contributed by atoms with E-state index in [0.29, 0.717) is 13.0 Å². The highest BCUT2D eigenvalue weighted by Crippen LogP contribution is 2.55. The van der Waals surface area contributed by atoms with Crippen molar-refractivity contribution in [2.24, 2.45) is 0 Å². The van der Waals surface area contributed by atoms with Gasteiger partial charge in [-0.05, 0) is 70.2 Å². The molecule has 0 aliphatic rings. The molecule has 3 aromatic carbocycles. The Balaban J connectivity index is 1.82. The van der Waals surface area contributed by atoms with Crippen LogP contribution in [0.15, 0.2) is 150 Å². The molecule has 3 aromatic rings. The van der Waals surface area contributed by atoms with Crippen molar-refractivity contribution in [1.82, 2.24) is 0 Å². The molecular formula is C36H40O2P+. The summed E-state index contributed by atoms with van der Waals surface area (Å²) in [6.07, 6.45) is 16.0. The third-order valence-corrected chi connectivity index (χ3v) is 10.7. The van der Waals surface area contributed by atoms with Gasteiger partial charge in [0, 0.05) is 0 Å². The highest BCUT2D eigenvalue weighted by Gasteiger charge is 2.44. The predicted molar refractivity (Wildman–Crippen MR) is 171 cm³/mol. The first kappa shape index (κ1) is 29.8. The summed E-state index contributed by atoms with van der Waals surface area (Å²) in [5.41, 5.74) is 3.35. The zero-order valence-corrected chi connectivity index (χ0v) is 24.5. The van der Waals surface area contributed by atoms with Gasteiger partial charge in [0.1, 0.15) is 23.2 Å². The third kappa shape index (κ3) is 8.91. The number of hydrogen-bond acceptors (Lipinski definition) is 2. The molecule has 0 aliphatic heterocycles. The van der Waals surface area contributed by atoms with Crippen molar-refractivity contribution in [2.45, 2.75) is 34.1 Å². The zero-order valence-electron chi connectivity index (χ0n) is 23.6. The zero-order chi connectivity index (χ0) is 27.9. The molecule has 0 radical (unpaired) electrons. The van der Waals surface area contributed by atoms with Gasteiger partial charge in [0.2, 0.25) is 0 Å². The second-order valence-corrected chi connectivity index (χ2v) is 13.1. The van der Waals surface area contributed by atoms with Crippen LogP contribution in [0.25, 0.3) is 0 Å². The van der Waals surface area contributed by atoms with E-state index < -0.39 is 7.26 Å². The van der Waals surface area contributed by atoms with Gasteiger partial charge in [-0.2, -0.15) is 0 Å². The average molecular weight is 536 g/mol. The molecule has 0 aliphatic carbocycles. The maximum Gasteiger partial charge on any atom is 0.309 e. The number of benzene rings is 3. The minimum atomic E-state index is -1.87. The van der Waals surface area contributed by atoms with Crippen LogP contribution >= 0.6 is 7.26 Å². The van der Waals surface area contributed by atoms with E-state index in [4.69, 9.17) is 4.74 Å². The van der Waals surface area contributed by atoms with E-state index >= 15 is 0 Å². The quantitative estimate of drug-likeness (QED) is 0.134. The van der Waals surface area contributed by atoms with Crippen LogP contribution in [0.3, 0.4) is 0 Å². The van der Waals surface area contributed by atoms with E-state index in [1.807, 2.05) is 26.0 Å². The fraction of sp³-hybridized carbons (Fsp3) is 0.194. The number of hydrogen-bond donors (Lipinski definition) is 0. The number of carbonyl (C=O) groups is 1. The average Bonchev–Trinajstić information content (AvgIpc) is 2.95. The van der Waals surface area contributed by atoms with Crippen molar-refractivity contribution >= 4 is 29.1 Å². The monoisotopic (exact) mass is 535 g/mol. The smallest absolute Gasteiger partial charge is 0.309 e. The van der Waals surface area contributed by atoms with E-state index in [0.717, 1.165) is 17.3 Å². The van der Waals surface area contributed by atoms with Gasteiger partial charge in [-0.1, -0.05) is 108 Å². The molecule has 0 fully saturated rings. The molecule has 0 saturated carbocycles. The molecule has 39 heavy (non-hydrogen) atoms. The van der Waals surface area contributed by atoms with Crippen molar-refractivity contribution in [1.29, 1.82) is 0 Å². The summed E-state index contributed by atoms with van der Waals surface area (Å²) in [6.45, 7) is 8.43. The van der Waals surface area contributed by atoms with Gasteiger partial charge in [0.05, 0.1) is 19.2 Å². The number of rotatable bonds is 12. The fourth-order valence-corrected chi connectivity index (χ4v) is 8.56. The molecule has 0 bridgehead atoms. The van der Waals surface area contributed by atoms with E-state index in [9.17, 15) is 4.79 Å².